The van der Waals surface area contributed by atoms with Crippen LogP contribution in [0.5, 0.6) is 0 Å². The fraction of sp³-hybridized carbons (Fsp3) is 0.304. The van der Waals surface area contributed by atoms with Crippen molar-refractivity contribution in [3.63, 3.8) is 0 Å². The molecule has 0 atom stereocenters. The van der Waals surface area contributed by atoms with E-state index in [4.69, 9.17) is 0 Å². The molecule has 2 aromatic carbocycles. The van der Waals surface area contributed by atoms with E-state index >= 15 is 0 Å². The molecule has 0 bridgehead atoms. The van der Waals surface area contributed by atoms with Crippen molar-refractivity contribution >= 4 is 34.4 Å². The molecule has 0 saturated carbocycles. The number of hydrogen-bond donors (Lipinski definition) is 1. The van der Waals surface area contributed by atoms with Crippen molar-refractivity contribution in [1.82, 2.24) is 4.90 Å². The van der Waals surface area contributed by atoms with E-state index in [0.29, 0.717) is 24.2 Å². The third kappa shape index (κ3) is 4.42. The molecule has 0 aliphatic carbocycles. The lowest BCUT2D eigenvalue weighted by atomic mass is 10.0. The Morgan fingerprint density at radius 2 is 1.55 bits per heavy atom. The number of hydrogen-bond acceptors (Lipinski definition) is 6. The van der Waals surface area contributed by atoms with Gasteiger partial charge in [-0.1, -0.05) is 6.92 Å². The van der Waals surface area contributed by atoms with Gasteiger partial charge in [0.25, 0.3) is 17.5 Å². The maximum Gasteiger partial charge on any atom is 0.278 e. The lowest BCUT2D eigenvalue weighted by Gasteiger charge is -2.21. The fourth-order valence-corrected chi connectivity index (χ4v) is 3.62. The van der Waals surface area contributed by atoms with Crippen LogP contribution < -0.4 is 10.2 Å². The molecule has 162 valence electrons. The summed E-state index contributed by atoms with van der Waals surface area (Å²) in [5.41, 5.74) is 2.55. The predicted molar refractivity (Wildman–Crippen MR) is 121 cm³/mol. The highest BCUT2D eigenvalue weighted by molar-refractivity contribution is 6.36. The molecule has 3 rings (SSSR count). The highest BCUT2D eigenvalue weighted by Crippen LogP contribution is 2.32. The number of nitrogens with zero attached hydrogens (tertiary/aromatic N) is 3. The normalized spacial score (nSPS) is 13.7. The number of rotatable bonds is 9. The summed E-state index contributed by atoms with van der Waals surface area (Å²) in [6, 6.07) is 13.3. The van der Waals surface area contributed by atoms with E-state index in [2.05, 4.69) is 24.1 Å². The minimum absolute atomic E-state index is 0.0759. The Labute approximate surface area is 181 Å². The molecular weight excluding hydrogens is 396 g/mol. The summed E-state index contributed by atoms with van der Waals surface area (Å²) in [4.78, 5) is 39.9. The van der Waals surface area contributed by atoms with Gasteiger partial charge in [0.05, 0.1) is 10.5 Å². The van der Waals surface area contributed by atoms with Crippen LogP contribution in [0.4, 0.5) is 17.1 Å². The van der Waals surface area contributed by atoms with Crippen molar-refractivity contribution in [2.24, 2.45) is 0 Å². The fourth-order valence-electron chi connectivity index (χ4n) is 3.62. The first-order valence-corrected chi connectivity index (χ1v) is 10.4. The quantitative estimate of drug-likeness (QED) is 0.372. The van der Waals surface area contributed by atoms with Crippen molar-refractivity contribution in [3.8, 4) is 0 Å². The molecule has 1 aliphatic rings. The van der Waals surface area contributed by atoms with Crippen LogP contribution in [0.25, 0.3) is 5.57 Å². The Bertz CT molecular complexity index is 1010. The molecule has 0 spiro atoms. The summed E-state index contributed by atoms with van der Waals surface area (Å²) in [7, 11) is 0. The second kappa shape index (κ2) is 9.42. The summed E-state index contributed by atoms with van der Waals surface area (Å²) >= 11 is 0. The maximum absolute atomic E-state index is 13.0. The van der Waals surface area contributed by atoms with Gasteiger partial charge >= 0.3 is 0 Å². The predicted octanol–water partition coefficient (Wildman–Crippen LogP) is 4.04. The van der Waals surface area contributed by atoms with E-state index in [1.165, 1.54) is 29.2 Å². The molecule has 2 amide bonds. The van der Waals surface area contributed by atoms with Gasteiger partial charge in [0.2, 0.25) is 0 Å². The zero-order chi connectivity index (χ0) is 22.5. The molecule has 0 radical (unpaired) electrons. The number of nitro benzene ring substituents is 1. The van der Waals surface area contributed by atoms with Crippen LogP contribution in [-0.2, 0) is 9.59 Å². The number of anilines is 2. The number of non-ortho nitro benzene ring substituents is 1. The second-order valence-corrected chi connectivity index (χ2v) is 7.16. The number of nitrogens with one attached hydrogen (secondary N) is 1. The highest BCUT2D eigenvalue weighted by atomic mass is 16.6. The molecule has 8 nitrogen and oxygen atoms in total. The number of carbonyl (C=O) groups is 2. The smallest absolute Gasteiger partial charge is 0.278 e. The number of amides is 2. The SMILES string of the molecule is CCCN1C(=O)C(Nc2ccc(N(CC)CC)cc2)=C(c2ccc([N+](=O)[O-])cc2)C1=O. The van der Waals surface area contributed by atoms with Crippen molar-refractivity contribution in [2.45, 2.75) is 27.2 Å². The lowest BCUT2D eigenvalue weighted by molar-refractivity contribution is -0.384. The summed E-state index contributed by atoms with van der Waals surface area (Å²) in [6.07, 6.45) is 0.636. The summed E-state index contributed by atoms with van der Waals surface area (Å²) < 4.78 is 0. The van der Waals surface area contributed by atoms with Crippen LogP contribution in [0.3, 0.4) is 0 Å². The lowest BCUT2D eigenvalue weighted by Crippen LogP contribution is -2.33. The van der Waals surface area contributed by atoms with Crippen LogP contribution in [0.1, 0.15) is 32.8 Å². The first kappa shape index (κ1) is 22.0. The van der Waals surface area contributed by atoms with Gasteiger partial charge in [-0.2, -0.15) is 0 Å². The van der Waals surface area contributed by atoms with Gasteiger partial charge < -0.3 is 10.2 Å². The third-order valence-electron chi connectivity index (χ3n) is 5.25. The highest BCUT2D eigenvalue weighted by Gasteiger charge is 2.38. The Hall–Kier alpha value is -3.68. The number of benzene rings is 2. The average molecular weight is 422 g/mol. The molecule has 2 aromatic rings. The molecular formula is C23H26N4O4. The van der Waals surface area contributed by atoms with Gasteiger partial charge in [0, 0.05) is 43.1 Å². The number of carbonyl (C=O) groups excluding carboxylic acids is 2. The van der Waals surface area contributed by atoms with E-state index < -0.39 is 16.7 Å². The van der Waals surface area contributed by atoms with Crippen molar-refractivity contribution in [3.05, 3.63) is 69.9 Å². The number of imide groups is 1. The topological polar surface area (TPSA) is 95.8 Å². The van der Waals surface area contributed by atoms with E-state index in [0.717, 1.165) is 18.8 Å². The third-order valence-corrected chi connectivity index (χ3v) is 5.25. The van der Waals surface area contributed by atoms with E-state index in [1.807, 2.05) is 31.2 Å². The Balaban J connectivity index is 1.98. The molecule has 0 fully saturated rings. The Morgan fingerprint density at radius 3 is 2.06 bits per heavy atom. The summed E-state index contributed by atoms with van der Waals surface area (Å²) in [5, 5.41) is 14.1. The standard InChI is InChI=1S/C23H26N4O4/c1-4-15-26-22(28)20(16-7-11-19(12-8-16)27(30)31)21(23(26)29)24-17-9-13-18(14-10-17)25(5-2)6-3/h7-14,24H,4-6,15H2,1-3H3. The van der Waals surface area contributed by atoms with Gasteiger partial charge in [-0.3, -0.25) is 24.6 Å². The van der Waals surface area contributed by atoms with Crippen molar-refractivity contribution in [1.29, 1.82) is 0 Å². The summed E-state index contributed by atoms with van der Waals surface area (Å²) in [5.74, 6) is -0.795. The van der Waals surface area contributed by atoms with Crippen LogP contribution in [0.2, 0.25) is 0 Å². The largest absolute Gasteiger partial charge is 0.372 e. The monoisotopic (exact) mass is 422 g/mol. The van der Waals surface area contributed by atoms with Gasteiger partial charge in [-0.05, 0) is 62.2 Å². The van der Waals surface area contributed by atoms with Gasteiger partial charge in [-0.25, -0.2) is 0 Å². The molecule has 1 N–H and O–H groups in total. The van der Waals surface area contributed by atoms with Crippen LogP contribution in [0, 0.1) is 10.1 Å². The molecule has 31 heavy (non-hydrogen) atoms. The van der Waals surface area contributed by atoms with Gasteiger partial charge in [0.1, 0.15) is 5.70 Å². The molecule has 0 unspecified atom stereocenters. The van der Waals surface area contributed by atoms with Gasteiger partial charge in [-0.15, -0.1) is 0 Å². The van der Waals surface area contributed by atoms with E-state index in [9.17, 15) is 19.7 Å². The van der Waals surface area contributed by atoms with Crippen LogP contribution in [0.15, 0.2) is 54.2 Å². The number of nitro groups is 1. The Kier molecular flexibility index (Phi) is 6.69. The summed E-state index contributed by atoms with van der Waals surface area (Å²) in [6.45, 7) is 8.14. The first-order chi connectivity index (χ1) is 14.9. The minimum atomic E-state index is -0.500. The maximum atomic E-state index is 13.0. The van der Waals surface area contributed by atoms with Crippen LogP contribution >= 0.6 is 0 Å². The minimum Gasteiger partial charge on any atom is -0.372 e. The zero-order valence-electron chi connectivity index (χ0n) is 17.9. The Morgan fingerprint density at radius 1 is 0.935 bits per heavy atom. The molecule has 0 saturated heterocycles. The second-order valence-electron chi connectivity index (χ2n) is 7.16. The van der Waals surface area contributed by atoms with E-state index in [-0.39, 0.29) is 17.0 Å². The van der Waals surface area contributed by atoms with E-state index in [1.54, 1.807) is 0 Å². The van der Waals surface area contributed by atoms with Crippen molar-refractivity contribution < 1.29 is 14.5 Å². The van der Waals surface area contributed by atoms with Gasteiger partial charge in [0.15, 0.2) is 0 Å². The van der Waals surface area contributed by atoms with Crippen molar-refractivity contribution in [2.75, 3.05) is 29.9 Å². The zero-order valence-corrected chi connectivity index (χ0v) is 17.9. The molecule has 1 aliphatic heterocycles. The first-order valence-electron chi connectivity index (χ1n) is 10.4. The molecule has 1 heterocycles. The molecule has 0 aromatic heterocycles. The molecule has 8 heteroatoms. The average Bonchev–Trinajstić information content (AvgIpc) is 3.00. The van der Waals surface area contributed by atoms with Crippen LogP contribution in [-0.4, -0.2) is 41.3 Å².